The Bertz CT molecular complexity index is 646. The normalized spacial score (nSPS) is 11.0. The van der Waals surface area contributed by atoms with E-state index in [1.807, 2.05) is 26.0 Å². The van der Waals surface area contributed by atoms with E-state index in [1.165, 1.54) is 18.2 Å². The minimum Gasteiger partial charge on any atom is -0.462 e. The maximum Gasteiger partial charge on any atom is 0.246 e. The van der Waals surface area contributed by atoms with Crippen molar-refractivity contribution in [2.45, 2.75) is 20.4 Å². The molecule has 0 N–H and O–H groups in total. The van der Waals surface area contributed by atoms with E-state index in [4.69, 9.17) is 4.42 Å². The molecule has 4 heteroatoms. The van der Waals surface area contributed by atoms with Crippen LogP contribution in [0.2, 0.25) is 0 Å². The quantitative estimate of drug-likeness (QED) is 0.784. The second-order valence-corrected chi connectivity index (χ2v) is 4.76. The van der Waals surface area contributed by atoms with Crippen molar-refractivity contribution in [2.24, 2.45) is 0 Å². The molecule has 0 radical (unpaired) electrons. The van der Waals surface area contributed by atoms with Crippen LogP contribution in [0.1, 0.15) is 24.0 Å². The Hall–Kier alpha value is -2.36. The van der Waals surface area contributed by atoms with Gasteiger partial charge < -0.3 is 9.32 Å². The molecule has 2 rings (SSSR count). The summed E-state index contributed by atoms with van der Waals surface area (Å²) in [6.45, 7) is 4.68. The fourth-order valence-corrected chi connectivity index (χ4v) is 2.00. The summed E-state index contributed by atoms with van der Waals surface area (Å²) >= 11 is 0. The lowest BCUT2D eigenvalue weighted by Gasteiger charge is -2.19. The number of hydrogen-bond donors (Lipinski definition) is 0. The third-order valence-electron chi connectivity index (χ3n) is 3.11. The third-order valence-corrected chi connectivity index (χ3v) is 3.11. The standard InChI is InChI=1S/C17H18FNO2/c1-3-19(12-14-5-4-6-15(18)11-14)17(20)10-9-16-8-7-13(2)21-16/h4-11H,3,12H2,1-2H3/b10-9+. The molecule has 3 nitrogen and oxygen atoms in total. The third kappa shape index (κ3) is 4.31. The van der Waals surface area contributed by atoms with Crippen molar-refractivity contribution in [1.82, 2.24) is 4.90 Å². The van der Waals surface area contributed by atoms with Crippen LogP contribution in [0.25, 0.3) is 6.08 Å². The molecule has 0 spiro atoms. The molecule has 0 bridgehead atoms. The highest BCUT2D eigenvalue weighted by Crippen LogP contribution is 2.10. The van der Waals surface area contributed by atoms with Crippen LogP contribution in [0, 0.1) is 12.7 Å². The second kappa shape index (κ2) is 6.88. The lowest BCUT2D eigenvalue weighted by atomic mass is 10.2. The lowest BCUT2D eigenvalue weighted by Crippen LogP contribution is -2.28. The molecule has 0 aliphatic heterocycles. The summed E-state index contributed by atoms with van der Waals surface area (Å²) in [7, 11) is 0. The Morgan fingerprint density at radius 3 is 2.76 bits per heavy atom. The van der Waals surface area contributed by atoms with Gasteiger partial charge in [-0.25, -0.2) is 4.39 Å². The van der Waals surface area contributed by atoms with E-state index in [0.29, 0.717) is 18.8 Å². The van der Waals surface area contributed by atoms with Crippen molar-refractivity contribution in [3.05, 3.63) is 65.4 Å². The average molecular weight is 287 g/mol. The second-order valence-electron chi connectivity index (χ2n) is 4.76. The SMILES string of the molecule is CCN(Cc1cccc(F)c1)C(=O)/C=C/c1ccc(C)o1. The van der Waals surface area contributed by atoms with Crippen LogP contribution in [-0.4, -0.2) is 17.4 Å². The number of nitrogens with zero attached hydrogens (tertiary/aromatic N) is 1. The van der Waals surface area contributed by atoms with Crippen LogP contribution in [0.3, 0.4) is 0 Å². The van der Waals surface area contributed by atoms with Gasteiger partial charge in [0.2, 0.25) is 5.91 Å². The van der Waals surface area contributed by atoms with Crippen molar-refractivity contribution in [1.29, 1.82) is 0 Å². The van der Waals surface area contributed by atoms with Gasteiger partial charge in [0.1, 0.15) is 17.3 Å². The first-order chi connectivity index (χ1) is 10.1. The number of halogens is 1. The smallest absolute Gasteiger partial charge is 0.246 e. The lowest BCUT2D eigenvalue weighted by molar-refractivity contribution is -0.126. The summed E-state index contributed by atoms with van der Waals surface area (Å²) < 4.78 is 18.5. The fourth-order valence-electron chi connectivity index (χ4n) is 2.00. The highest BCUT2D eigenvalue weighted by Gasteiger charge is 2.09. The van der Waals surface area contributed by atoms with Gasteiger partial charge in [-0.05, 0) is 49.8 Å². The van der Waals surface area contributed by atoms with Crippen molar-refractivity contribution >= 4 is 12.0 Å². The minimum absolute atomic E-state index is 0.129. The molecule has 0 unspecified atom stereocenters. The van der Waals surface area contributed by atoms with Crippen molar-refractivity contribution in [3.8, 4) is 0 Å². The topological polar surface area (TPSA) is 33.5 Å². The van der Waals surface area contributed by atoms with Gasteiger partial charge in [-0.3, -0.25) is 4.79 Å². The summed E-state index contributed by atoms with van der Waals surface area (Å²) in [5.41, 5.74) is 0.771. The molecule has 0 saturated carbocycles. The van der Waals surface area contributed by atoms with Crippen LogP contribution in [-0.2, 0) is 11.3 Å². The Morgan fingerprint density at radius 2 is 2.14 bits per heavy atom. The number of hydrogen-bond acceptors (Lipinski definition) is 2. The molecule has 1 aromatic carbocycles. The van der Waals surface area contributed by atoms with E-state index in [0.717, 1.165) is 11.3 Å². The largest absolute Gasteiger partial charge is 0.462 e. The maximum absolute atomic E-state index is 13.2. The molecule has 1 heterocycles. The zero-order valence-electron chi connectivity index (χ0n) is 12.2. The molecule has 1 amide bonds. The van der Waals surface area contributed by atoms with Gasteiger partial charge in [-0.1, -0.05) is 12.1 Å². The first-order valence-electron chi connectivity index (χ1n) is 6.86. The number of benzene rings is 1. The summed E-state index contributed by atoms with van der Waals surface area (Å²) in [6.07, 6.45) is 3.12. The summed E-state index contributed by atoms with van der Waals surface area (Å²) in [5, 5.41) is 0. The highest BCUT2D eigenvalue weighted by atomic mass is 19.1. The Morgan fingerprint density at radius 1 is 1.33 bits per heavy atom. The van der Waals surface area contributed by atoms with E-state index in [2.05, 4.69) is 0 Å². The molecular formula is C17H18FNO2. The first kappa shape index (κ1) is 15.0. The van der Waals surface area contributed by atoms with E-state index >= 15 is 0 Å². The predicted octanol–water partition coefficient (Wildman–Crippen LogP) is 3.79. The molecule has 0 aliphatic rings. The van der Waals surface area contributed by atoms with Gasteiger partial charge in [-0.2, -0.15) is 0 Å². The number of rotatable bonds is 5. The number of furan rings is 1. The van der Waals surface area contributed by atoms with Gasteiger partial charge in [0.15, 0.2) is 0 Å². The summed E-state index contributed by atoms with van der Waals surface area (Å²) in [6, 6.07) is 9.93. The number of likely N-dealkylation sites (N-methyl/N-ethyl adjacent to an activating group) is 1. The molecule has 0 atom stereocenters. The molecule has 21 heavy (non-hydrogen) atoms. The zero-order chi connectivity index (χ0) is 15.2. The van der Waals surface area contributed by atoms with Crippen molar-refractivity contribution in [2.75, 3.05) is 6.54 Å². The highest BCUT2D eigenvalue weighted by molar-refractivity contribution is 5.91. The predicted molar refractivity (Wildman–Crippen MR) is 80.0 cm³/mol. The number of carbonyl (C=O) groups is 1. The number of carbonyl (C=O) groups excluding carboxylic acids is 1. The van der Waals surface area contributed by atoms with E-state index < -0.39 is 0 Å². The van der Waals surface area contributed by atoms with Gasteiger partial charge in [0, 0.05) is 19.2 Å². The Labute approximate surface area is 123 Å². The van der Waals surface area contributed by atoms with Gasteiger partial charge in [0.25, 0.3) is 0 Å². The van der Waals surface area contributed by atoms with Gasteiger partial charge in [0.05, 0.1) is 0 Å². The first-order valence-corrected chi connectivity index (χ1v) is 6.86. The van der Waals surface area contributed by atoms with Crippen LogP contribution >= 0.6 is 0 Å². The Balaban J connectivity index is 2.03. The zero-order valence-corrected chi connectivity index (χ0v) is 12.2. The number of amides is 1. The van der Waals surface area contributed by atoms with Gasteiger partial charge >= 0.3 is 0 Å². The van der Waals surface area contributed by atoms with E-state index in [1.54, 1.807) is 23.1 Å². The summed E-state index contributed by atoms with van der Waals surface area (Å²) in [4.78, 5) is 13.8. The molecular weight excluding hydrogens is 269 g/mol. The van der Waals surface area contributed by atoms with Gasteiger partial charge in [-0.15, -0.1) is 0 Å². The summed E-state index contributed by atoms with van der Waals surface area (Å²) in [5.74, 6) is 1.02. The molecule has 0 fully saturated rings. The van der Waals surface area contributed by atoms with E-state index in [9.17, 15) is 9.18 Å². The molecule has 0 aliphatic carbocycles. The van der Waals surface area contributed by atoms with E-state index in [-0.39, 0.29) is 11.7 Å². The minimum atomic E-state index is -0.294. The molecule has 0 saturated heterocycles. The molecule has 1 aromatic heterocycles. The van der Waals surface area contributed by atoms with Crippen molar-refractivity contribution < 1.29 is 13.6 Å². The monoisotopic (exact) mass is 287 g/mol. The Kier molecular flexibility index (Phi) is 4.93. The number of aryl methyl sites for hydroxylation is 1. The van der Waals surface area contributed by atoms with Crippen LogP contribution in [0.4, 0.5) is 4.39 Å². The van der Waals surface area contributed by atoms with Crippen LogP contribution in [0.5, 0.6) is 0 Å². The maximum atomic E-state index is 13.2. The van der Waals surface area contributed by atoms with Crippen LogP contribution < -0.4 is 0 Å². The molecule has 110 valence electrons. The fraction of sp³-hybridized carbons (Fsp3) is 0.235. The van der Waals surface area contributed by atoms with Crippen molar-refractivity contribution in [3.63, 3.8) is 0 Å². The average Bonchev–Trinajstić information content (AvgIpc) is 2.88. The van der Waals surface area contributed by atoms with Crippen LogP contribution in [0.15, 0.2) is 46.9 Å². The molecule has 2 aromatic rings.